The second-order valence-corrected chi connectivity index (χ2v) is 7.22. The predicted molar refractivity (Wildman–Crippen MR) is 99.2 cm³/mol. The summed E-state index contributed by atoms with van der Waals surface area (Å²) in [5.74, 6) is 0. The van der Waals surface area contributed by atoms with Gasteiger partial charge in [-0.05, 0) is 55.9 Å². The molecule has 3 aromatic rings. The van der Waals surface area contributed by atoms with Crippen molar-refractivity contribution in [2.45, 2.75) is 36.4 Å². The molecule has 0 unspecified atom stereocenters. The zero-order chi connectivity index (χ0) is 17.2. The van der Waals surface area contributed by atoms with Gasteiger partial charge in [0.05, 0.1) is 24.6 Å². The van der Waals surface area contributed by atoms with E-state index in [0.717, 1.165) is 35.1 Å². The number of aromatic nitrogens is 3. The Kier molecular flexibility index (Phi) is 4.74. The van der Waals surface area contributed by atoms with Crippen molar-refractivity contribution in [2.75, 3.05) is 12.9 Å². The first-order chi connectivity index (χ1) is 12.2. The zero-order valence-electron chi connectivity index (χ0n) is 14.1. The van der Waals surface area contributed by atoms with Crippen LogP contribution in [0.4, 0.5) is 0 Å². The number of fused-ring (bicyclic) bond motifs is 1. The summed E-state index contributed by atoms with van der Waals surface area (Å²) in [6.07, 6.45) is 8.66. The van der Waals surface area contributed by atoms with Crippen LogP contribution in [0.2, 0.25) is 0 Å². The topological polar surface area (TPSA) is 60.2 Å². The quantitative estimate of drug-likeness (QED) is 0.683. The number of thioether (sulfide) groups is 1. The van der Waals surface area contributed by atoms with Gasteiger partial charge in [0.15, 0.2) is 5.65 Å². The van der Waals surface area contributed by atoms with E-state index in [2.05, 4.69) is 28.5 Å². The van der Waals surface area contributed by atoms with Crippen LogP contribution >= 0.6 is 11.8 Å². The molecule has 0 spiro atoms. The average Bonchev–Trinajstić information content (AvgIpc) is 3.03. The van der Waals surface area contributed by atoms with Crippen LogP contribution in [0.3, 0.4) is 0 Å². The van der Waals surface area contributed by atoms with Crippen LogP contribution in [0.15, 0.2) is 47.6 Å². The van der Waals surface area contributed by atoms with Gasteiger partial charge in [-0.2, -0.15) is 5.10 Å². The van der Waals surface area contributed by atoms with Gasteiger partial charge in [0.2, 0.25) is 0 Å². The van der Waals surface area contributed by atoms with E-state index < -0.39 is 6.10 Å². The first kappa shape index (κ1) is 16.6. The number of aliphatic hydroxyl groups is 1. The third-order valence-corrected chi connectivity index (χ3v) is 5.42. The highest BCUT2D eigenvalue weighted by atomic mass is 32.2. The van der Waals surface area contributed by atoms with Crippen molar-refractivity contribution in [3.05, 3.63) is 48.3 Å². The SMILES string of the molecule is CSc1ccc(-n2ncc3cc([C@@H](O)COC4CCC4)cnc32)cc1. The fourth-order valence-electron chi connectivity index (χ4n) is 2.89. The van der Waals surface area contributed by atoms with Crippen molar-refractivity contribution in [3.63, 3.8) is 0 Å². The fourth-order valence-corrected chi connectivity index (χ4v) is 3.30. The lowest BCUT2D eigenvalue weighted by Gasteiger charge is -2.26. The van der Waals surface area contributed by atoms with Crippen LogP contribution in [0, 0.1) is 0 Å². The second-order valence-electron chi connectivity index (χ2n) is 6.34. The highest BCUT2D eigenvalue weighted by molar-refractivity contribution is 7.98. The molecule has 1 saturated carbocycles. The minimum atomic E-state index is -0.651. The van der Waals surface area contributed by atoms with E-state index in [1.807, 2.05) is 22.9 Å². The van der Waals surface area contributed by atoms with Gasteiger partial charge in [0, 0.05) is 22.0 Å². The number of rotatable bonds is 6. The normalized spacial score (nSPS) is 16.1. The lowest BCUT2D eigenvalue weighted by Crippen LogP contribution is -2.24. The molecule has 1 aromatic carbocycles. The van der Waals surface area contributed by atoms with E-state index in [1.54, 1.807) is 24.2 Å². The van der Waals surface area contributed by atoms with Crippen molar-refractivity contribution < 1.29 is 9.84 Å². The second kappa shape index (κ2) is 7.15. The molecule has 4 rings (SSSR count). The van der Waals surface area contributed by atoms with Crippen molar-refractivity contribution in [2.24, 2.45) is 0 Å². The average molecular weight is 355 g/mol. The van der Waals surface area contributed by atoms with Crippen LogP contribution in [-0.4, -0.2) is 38.8 Å². The Morgan fingerprint density at radius 2 is 2.08 bits per heavy atom. The van der Waals surface area contributed by atoms with Crippen LogP contribution in [0.5, 0.6) is 0 Å². The Bertz CT molecular complexity index is 859. The predicted octanol–water partition coefficient (Wildman–Crippen LogP) is 3.74. The Morgan fingerprint density at radius 3 is 2.76 bits per heavy atom. The van der Waals surface area contributed by atoms with Crippen molar-refractivity contribution in [1.82, 2.24) is 14.8 Å². The number of ether oxygens (including phenoxy) is 1. The molecule has 5 nitrogen and oxygen atoms in total. The molecule has 25 heavy (non-hydrogen) atoms. The van der Waals surface area contributed by atoms with Crippen molar-refractivity contribution >= 4 is 22.8 Å². The highest BCUT2D eigenvalue weighted by Crippen LogP contribution is 2.25. The molecule has 0 aliphatic heterocycles. The summed E-state index contributed by atoms with van der Waals surface area (Å²) < 4.78 is 7.52. The molecule has 130 valence electrons. The van der Waals surface area contributed by atoms with Gasteiger partial charge in [0.25, 0.3) is 0 Å². The Balaban J connectivity index is 1.55. The molecule has 6 heteroatoms. The number of aliphatic hydroxyl groups excluding tert-OH is 1. The third kappa shape index (κ3) is 3.42. The van der Waals surface area contributed by atoms with E-state index in [0.29, 0.717) is 12.7 Å². The molecule has 1 aliphatic carbocycles. The molecule has 1 atom stereocenters. The molecule has 1 N–H and O–H groups in total. The number of hydrogen-bond acceptors (Lipinski definition) is 5. The molecular weight excluding hydrogens is 334 g/mol. The van der Waals surface area contributed by atoms with Gasteiger partial charge in [-0.15, -0.1) is 11.8 Å². The van der Waals surface area contributed by atoms with Crippen LogP contribution in [-0.2, 0) is 4.74 Å². The zero-order valence-corrected chi connectivity index (χ0v) is 14.9. The monoisotopic (exact) mass is 355 g/mol. The van der Waals surface area contributed by atoms with Gasteiger partial charge in [-0.25, -0.2) is 9.67 Å². The molecule has 2 heterocycles. The molecule has 0 radical (unpaired) electrons. The van der Waals surface area contributed by atoms with Gasteiger partial charge in [0.1, 0.15) is 6.10 Å². The van der Waals surface area contributed by atoms with Crippen LogP contribution in [0.1, 0.15) is 30.9 Å². The molecule has 0 amide bonds. The number of benzene rings is 1. The molecule has 1 aliphatic rings. The number of pyridine rings is 1. The Morgan fingerprint density at radius 1 is 1.28 bits per heavy atom. The van der Waals surface area contributed by atoms with E-state index in [9.17, 15) is 5.11 Å². The highest BCUT2D eigenvalue weighted by Gasteiger charge is 2.20. The summed E-state index contributed by atoms with van der Waals surface area (Å²) in [5, 5.41) is 15.7. The first-order valence-electron chi connectivity index (χ1n) is 8.52. The van der Waals surface area contributed by atoms with Crippen molar-refractivity contribution in [3.8, 4) is 5.69 Å². The van der Waals surface area contributed by atoms with Crippen molar-refractivity contribution in [1.29, 1.82) is 0 Å². The van der Waals surface area contributed by atoms with Crippen LogP contribution in [0.25, 0.3) is 16.7 Å². The Labute approximate surface area is 151 Å². The van der Waals surface area contributed by atoms with E-state index >= 15 is 0 Å². The largest absolute Gasteiger partial charge is 0.386 e. The number of hydrogen-bond donors (Lipinski definition) is 1. The summed E-state index contributed by atoms with van der Waals surface area (Å²) in [6.45, 7) is 0.322. The van der Waals surface area contributed by atoms with Crippen LogP contribution < -0.4 is 0 Å². The summed E-state index contributed by atoms with van der Waals surface area (Å²) >= 11 is 1.71. The van der Waals surface area contributed by atoms with Gasteiger partial charge < -0.3 is 9.84 Å². The summed E-state index contributed by atoms with van der Waals surface area (Å²) in [7, 11) is 0. The van der Waals surface area contributed by atoms with E-state index in [1.165, 1.54) is 11.3 Å². The maximum Gasteiger partial charge on any atom is 0.162 e. The molecule has 2 aromatic heterocycles. The summed E-state index contributed by atoms with van der Waals surface area (Å²) in [4.78, 5) is 5.74. The molecular formula is C19H21N3O2S. The summed E-state index contributed by atoms with van der Waals surface area (Å²) in [5.41, 5.74) is 2.53. The first-order valence-corrected chi connectivity index (χ1v) is 9.75. The molecule has 0 saturated heterocycles. The maximum absolute atomic E-state index is 10.3. The summed E-state index contributed by atoms with van der Waals surface area (Å²) in [6, 6.07) is 10.2. The Hall–Kier alpha value is -1.89. The minimum absolute atomic E-state index is 0.318. The van der Waals surface area contributed by atoms with E-state index in [-0.39, 0.29) is 0 Å². The van der Waals surface area contributed by atoms with Gasteiger partial charge in [-0.3, -0.25) is 0 Å². The fraction of sp³-hybridized carbons (Fsp3) is 0.368. The maximum atomic E-state index is 10.3. The third-order valence-electron chi connectivity index (χ3n) is 4.67. The lowest BCUT2D eigenvalue weighted by atomic mass is 9.96. The number of nitrogens with zero attached hydrogens (tertiary/aromatic N) is 3. The standard InChI is InChI=1S/C19H21N3O2S/c1-25-17-7-5-15(6-8-17)22-19-14(11-21-22)9-13(10-20-19)18(23)12-24-16-3-2-4-16/h5-11,16,18,23H,2-4,12H2,1H3/t18-/m0/s1. The van der Waals surface area contributed by atoms with Gasteiger partial charge in [-0.1, -0.05) is 0 Å². The smallest absolute Gasteiger partial charge is 0.162 e. The molecule has 1 fully saturated rings. The lowest BCUT2D eigenvalue weighted by molar-refractivity contribution is -0.0427. The van der Waals surface area contributed by atoms with Gasteiger partial charge >= 0.3 is 0 Å². The molecule has 0 bridgehead atoms. The van der Waals surface area contributed by atoms with E-state index in [4.69, 9.17) is 4.74 Å². The minimum Gasteiger partial charge on any atom is -0.386 e.